The predicted molar refractivity (Wildman–Crippen MR) is 77.9 cm³/mol. The number of rotatable bonds is 6. The monoisotopic (exact) mass is 297 g/mol. The molecular weight excluding hydrogens is 273 g/mol. The molecule has 0 bridgehead atoms. The minimum absolute atomic E-state index is 0.0711. The molecule has 21 heavy (non-hydrogen) atoms. The van der Waals surface area contributed by atoms with E-state index in [-0.39, 0.29) is 18.3 Å². The molecule has 1 saturated heterocycles. The van der Waals surface area contributed by atoms with Gasteiger partial charge in [-0.3, -0.25) is 4.79 Å². The Morgan fingerprint density at radius 1 is 1.19 bits per heavy atom. The zero-order valence-electron chi connectivity index (χ0n) is 12.2. The van der Waals surface area contributed by atoms with E-state index in [1.54, 1.807) is 12.1 Å². The summed E-state index contributed by atoms with van der Waals surface area (Å²) < 4.78 is 13.0. The van der Waals surface area contributed by atoms with Gasteiger partial charge in [-0.1, -0.05) is 6.07 Å². The fourth-order valence-electron chi connectivity index (χ4n) is 2.70. The van der Waals surface area contributed by atoms with Crippen LogP contribution in [0.2, 0.25) is 0 Å². The Morgan fingerprint density at radius 3 is 2.48 bits per heavy atom. The Balaban J connectivity index is 1.68. The third-order valence-corrected chi connectivity index (χ3v) is 3.94. The van der Waals surface area contributed by atoms with Crippen LogP contribution < -0.4 is 15.1 Å². The number of hydrogen-bond donors (Lipinski definition) is 4. The van der Waals surface area contributed by atoms with Crippen LogP contribution >= 0.6 is 0 Å². The summed E-state index contributed by atoms with van der Waals surface area (Å²) in [4.78, 5) is 14.7. The van der Waals surface area contributed by atoms with Crippen molar-refractivity contribution in [3.63, 3.8) is 0 Å². The molecule has 0 aliphatic carbocycles. The first-order valence-corrected chi connectivity index (χ1v) is 7.51. The lowest BCUT2D eigenvalue weighted by molar-refractivity contribution is -1.01. The second-order valence-corrected chi connectivity index (χ2v) is 5.53. The minimum Gasteiger partial charge on any atom is -0.391 e. The van der Waals surface area contributed by atoms with Gasteiger partial charge in [-0.15, -0.1) is 0 Å². The number of nitrogens with one attached hydrogen (secondary N) is 3. The van der Waals surface area contributed by atoms with Crippen molar-refractivity contribution in [2.24, 2.45) is 0 Å². The van der Waals surface area contributed by atoms with E-state index in [9.17, 15) is 9.18 Å². The van der Waals surface area contributed by atoms with Gasteiger partial charge in [0.15, 0.2) is 0 Å². The SMILES string of the molecule is O=C(CC[NH+]1CC[NH+](CCO)CC1)Nc1cccc(F)c1. The van der Waals surface area contributed by atoms with E-state index >= 15 is 0 Å². The number of benzene rings is 1. The number of carbonyl (C=O) groups excluding carboxylic acids is 1. The van der Waals surface area contributed by atoms with E-state index in [2.05, 4.69) is 5.32 Å². The highest BCUT2D eigenvalue weighted by Crippen LogP contribution is 2.08. The highest BCUT2D eigenvalue weighted by Gasteiger charge is 2.22. The molecule has 1 heterocycles. The van der Waals surface area contributed by atoms with Gasteiger partial charge < -0.3 is 20.2 Å². The number of halogens is 1. The molecule has 0 radical (unpaired) electrons. The summed E-state index contributed by atoms with van der Waals surface area (Å²) in [6, 6.07) is 5.94. The van der Waals surface area contributed by atoms with Crippen molar-refractivity contribution in [1.82, 2.24) is 0 Å². The first kappa shape index (κ1) is 15.9. The first-order chi connectivity index (χ1) is 10.2. The standard InChI is InChI=1S/C15H22FN3O2/c16-13-2-1-3-14(12-13)17-15(21)4-5-18-6-8-19(9-7-18)10-11-20/h1-3,12,20H,4-11H2,(H,17,21)/p+2. The van der Waals surface area contributed by atoms with Crippen LogP contribution in [0.4, 0.5) is 10.1 Å². The third-order valence-electron chi connectivity index (χ3n) is 3.94. The molecule has 0 atom stereocenters. The van der Waals surface area contributed by atoms with Crippen LogP contribution in [0.15, 0.2) is 24.3 Å². The Morgan fingerprint density at radius 2 is 1.86 bits per heavy atom. The summed E-state index contributed by atoms with van der Waals surface area (Å²) in [6.45, 7) is 6.00. The number of carbonyl (C=O) groups is 1. The van der Waals surface area contributed by atoms with Gasteiger partial charge in [0.1, 0.15) is 38.5 Å². The molecule has 1 fully saturated rings. The van der Waals surface area contributed by atoms with E-state index < -0.39 is 0 Å². The molecular formula is C15H24FN3O2+2. The van der Waals surface area contributed by atoms with Crippen LogP contribution in [0.5, 0.6) is 0 Å². The van der Waals surface area contributed by atoms with Crippen LogP contribution in [-0.2, 0) is 4.79 Å². The number of piperazine rings is 1. The van der Waals surface area contributed by atoms with Gasteiger partial charge in [0.25, 0.3) is 0 Å². The summed E-state index contributed by atoms with van der Waals surface area (Å²) in [7, 11) is 0. The molecule has 2 rings (SSSR count). The minimum atomic E-state index is -0.346. The normalized spacial score (nSPS) is 22.0. The Kier molecular flexibility index (Phi) is 6.10. The van der Waals surface area contributed by atoms with Crippen molar-refractivity contribution in [2.75, 3.05) is 51.2 Å². The number of aliphatic hydroxyl groups is 1. The van der Waals surface area contributed by atoms with Gasteiger partial charge in [0.2, 0.25) is 5.91 Å². The smallest absolute Gasteiger partial charge is 0.230 e. The maximum Gasteiger partial charge on any atom is 0.230 e. The molecule has 0 aromatic heterocycles. The van der Waals surface area contributed by atoms with Crippen molar-refractivity contribution >= 4 is 11.6 Å². The maximum absolute atomic E-state index is 13.0. The summed E-state index contributed by atoms with van der Waals surface area (Å²) >= 11 is 0. The fraction of sp³-hybridized carbons (Fsp3) is 0.533. The average Bonchev–Trinajstić information content (AvgIpc) is 2.47. The Bertz CT molecular complexity index is 462. The third kappa shape index (κ3) is 5.41. The predicted octanol–water partition coefficient (Wildman–Crippen LogP) is -2.07. The summed E-state index contributed by atoms with van der Waals surface area (Å²) in [5, 5.41) is 11.6. The molecule has 1 aliphatic heterocycles. The second kappa shape index (κ2) is 8.07. The lowest BCUT2D eigenvalue weighted by Crippen LogP contribution is -3.28. The Hall–Kier alpha value is -1.50. The van der Waals surface area contributed by atoms with Gasteiger partial charge in [-0.2, -0.15) is 0 Å². The van der Waals surface area contributed by atoms with Crippen molar-refractivity contribution in [2.45, 2.75) is 6.42 Å². The largest absolute Gasteiger partial charge is 0.391 e. The van der Waals surface area contributed by atoms with E-state index in [1.165, 1.54) is 21.9 Å². The van der Waals surface area contributed by atoms with Gasteiger partial charge in [0.05, 0.1) is 19.6 Å². The van der Waals surface area contributed by atoms with Crippen molar-refractivity contribution in [3.05, 3.63) is 30.1 Å². The highest BCUT2D eigenvalue weighted by atomic mass is 19.1. The molecule has 5 nitrogen and oxygen atoms in total. The van der Waals surface area contributed by atoms with Crippen molar-refractivity contribution < 1.29 is 24.1 Å². The second-order valence-electron chi connectivity index (χ2n) is 5.53. The van der Waals surface area contributed by atoms with E-state index in [0.29, 0.717) is 12.1 Å². The van der Waals surface area contributed by atoms with Crippen LogP contribution in [0.1, 0.15) is 6.42 Å². The first-order valence-electron chi connectivity index (χ1n) is 7.51. The van der Waals surface area contributed by atoms with Crippen LogP contribution in [-0.4, -0.2) is 56.9 Å². The Labute approximate surface area is 124 Å². The van der Waals surface area contributed by atoms with Gasteiger partial charge in [0, 0.05) is 5.69 Å². The summed E-state index contributed by atoms with van der Waals surface area (Å²) in [5.41, 5.74) is 0.507. The molecule has 6 heteroatoms. The number of aliphatic hydroxyl groups excluding tert-OH is 1. The highest BCUT2D eigenvalue weighted by molar-refractivity contribution is 5.90. The number of amides is 1. The number of anilines is 1. The van der Waals surface area contributed by atoms with E-state index in [0.717, 1.165) is 39.3 Å². The zero-order valence-corrected chi connectivity index (χ0v) is 12.2. The molecule has 1 amide bonds. The molecule has 1 aromatic rings. The summed E-state index contributed by atoms with van der Waals surface area (Å²) in [6.07, 6.45) is 0.446. The van der Waals surface area contributed by atoms with Gasteiger partial charge >= 0.3 is 0 Å². The van der Waals surface area contributed by atoms with Gasteiger partial charge in [-0.05, 0) is 18.2 Å². The molecule has 0 unspecified atom stereocenters. The molecule has 1 aromatic carbocycles. The van der Waals surface area contributed by atoms with Crippen LogP contribution in [0, 0.1) is 5.82 Å². The molecule has 4 N–H and O–H groups in total. The van der Waals surface area contributed by atoms with E-state index in [1.807, 2.05) is 0 Å². The van der Waals surface area contributed by atoms with Crippen molar-refractivity contribution in [1.29, 1.82) is 0 Å². The fourth-order valence-corrected chi connectivity index (χ4v) is 2.70. The van der Waals surface area contributed by atoms with Crippen LogP contribution in [0.25, 0.3) is 0 Å². The number of quaternary nitrogens is 2. The van der Waals surface area contributed by atoms with Crippen molar-refractivity contribution in [3.8, 4) is 0 Å². The van der Waals surface area contributed by atoms with E-state index in [4.69, 9.17) is 5.11 Å². The molecule has 0 spiro atoms. The topological polar surface area (TPSA) is 58.2 Å². The lowest BCUT2D eigenvalue weighted by atomic mass is 10.2. The lowest BCUT2D eigenvalue weighted by Gasteiger charge is -2.29. The quantitative estimate of drug-likeness (QED) is 0.488. The average molecular weight is 297 g/mol. The van der Waals surface area contributed by atoms with Gasteiger partial charge in [-0.25, -0.2) is 4.39 Å². The number of hydrogen-bond acceptors (Lipinski definition) is 2. The molecule has 1 aliphatic rings. The molecule has 0 saturated carbocycles. The summed E-state index contributed by atoms with van der Waals surface area (Å²) in [5.74, 6) is -0.417. The molecule has 116 valence electrons. The maximum atomic E-state index is 13.0. The van der Waals surface area contributed by atoms with Crippen LogP contribution in [0.3, 0.4) is 0 Å². The zero-order chi connectivity index (χ0) is 15.1.